The molecule has 3 rings (SSSR count). The molecule has 1 saturated heterocycles. The van der Waals surface area contributed by atoms with Gasteiger partial charge < -0.3 is 9.80 Å². The zero-order valence-corrected chi connectivity index (χ0v) is 13.6. The Morgan fingerprint density at radius 2 is 1.90 bits per heavy atom. The van der Waals surface area contributed by atoms with Crippen LogP contribution in [0.5, 0.6) is 0 Å². The van der Waals surface area contributed by atoms with Crippen molar-refractivity contribution in [3.8, 4) is 11.3 Å². The van der Waals surface area contributed by atoms with Crippen molar-refractivity contribution in [2.75, 3.05) is 38.1 Å². The first-order valence-corrected chi connectivity index (χ1v) is 7.81. The molecule has 1 aliphatic heterocycles. The van der Waals surface area contributed by atoms with Gasteiger partial charge >= 0.3 is 0 Å². The highest BCUT2D eigenvalue weighted by atomic mass is 127. The van der Waals surface area contributed by atoms with Crippen LogP contribution in [0.1, 0.15) is 0 Å². The summed E-state index contributed by atoms with van der Waals surface area (Å²) in [6.45, 7) is 4.34. The van der Waals surface area contributed by atoms with Crippen molar-refractivity contribution in [1.29, 1.82) is 0 Å². The highest BCUT2D eigenvalue weighted by Crippen LogP contribution is 2.31. The quantitative estimate of drug-likeness (QED) is 0.750. The Morgan fingerprint density at radius 1 is 1.10 bits per heavy atom. The highest BCUT2D eigenvalue weighted by molar-refractivity contribution is 14.1. The summed E-state index contributed by atoms with van der Waals surface area (Å²) < 4.78 is 1.23. The number of hydrogen-bond acceptors (Lipinski definition) is 4. The molecule has 0 unspecified atom stereocenters. The molecule has 1 aromatic heterocycles. The number of rotatable bonds is 2. The van der Waals surface area contributed by atoms with E-state index in [0.29, 0.717) is 0 Å². The SMILES string of the molecule is CN1CCN(c2ccc(I)cc2-c2ccncn2)CC1. The number of halogens is 1. The first-order chi connectivity index (χ1) is 9.74. The maximum atomic E-state index is 4.41. The highest BCUT2D eigenvalue weighted by Gasteiger charge is 2.18. The molecule has 0 spiro atoms. The summed E-state index contributed by atoms with van der Waals surface area (Å²) in [5.41, 5.74) is 3.47. The zero-order valence-electron chi connectivity index (χ0n) is 11.5. The maximum absolute atomic E-state index is 4.41. The van der Waals surface area contributed by atoms with E-state index < -0.39 is 0 Å². The molecule has 0 saturated carbocycles. The third-order valence-electron chi connectivity index (χ3n) is 3.66. The third-order valence-corrected chi connectivity index (χ3v) is 4.33. The minimum Gasteiger partial charge on any atom is -0.368 e. The van der Waals surface area contributed by atoms with Crippen molar-refractivity contribution in [2.24, 2.45) is 0 Å². The monoisotopic (exact) mass is 380 g/mol. The van der Waals surface area contributed by atoms with E-state index in [2.05, 4.69) is 67.6 Å². The lowest BCUT2D eigenvalue weighted by atomic mass is 10.1. The molecule has 0 amide bonds. The molecule has 0 aliphatic carbocycles. The zero-order chi connectivity index (χ0) is 13.9. The Morgan fingerprint density at radius 3 is 2.60 bits per heavy atom. The second kappa shape index (κ2) is 6.05. The molecule has 2 aromatic rings. The van der Waals surface area contributed by atoms with Crippen molar-refractivity contribution < 1.29 is 0 Å². The van der Waals surface area contributed by atoms with Gasteiger partial charge in [-0.3, -0.25) is 0 Å². The Bertz CT molecular complexity index is 580. The maximum Gasteiger partial charge on any atom is 0.116 e. The fourth-order valence-corrected chi connectivity index (χ4v) is 2.98. The van der Waals surface area contributed by atoms with Gasteiger partial charge in [0.25, 0.3) is 0 Å². The Labute approximate surface area is 133 Å². The standard InChI is InChI=1S/C15H17IN4/c1-19-6-8-20(9-7-19)15-3-2-12(16)10-13(15)14-4-5-17-11-18-14/h2-5,10-11H,6-9H2,1H3. The molecule has 5 heteroatoms. The molecule has 0 bridgehead atoms. The number of likely N-dealkylation sites (N-methyl/N-ethyl adjacent to an activating group) is 1. The van der Waals surface area contributed by atoms with Crippen LogP contribution in [0, 0.1) is 3.57 Å². The van der Waals surface area contributed by atoms with Crippen LogP contribution in [0.2, 0.25) is 0 Å². The van der Waals surface area contributed by atoms with Crippen LogP contribution in [0.15, 0.2) is 36.8 Å². The number of aromatic nitrogens is 2. The number of anilines is 1. The van der Waals surface area contributed by atoms with Gasteiger partial charge in [0, 0.05) is 47.2 Å². The van der Waals surface area contributed by atoms with E-state index in [1.807, 2.05) is 6.07 Å². The number of hydrogen-bond donors (Lipinski definition) is 0. The number of benzene rings is 1. The van der Waals surface area contributed by atoms with Crippen LogP contribution in [-0.2, 0) is 0 Å². The minimum atomic E-state index is 0.993. The van der Waals surface area contributed by atoms with Gasteiger partial charge in [0.05, 0.1) is 5.69 Å². The molecule has 0 atom stereocenters. The van der Waals surface area contributed by atoms with E-state index >= 15 is 0 Å². The second-order valence-electron chi connectivity index (χ2n) is 5.05. The Balaban J connectivity index is 1.99. The van der Waals surface area contributed by atoms with Gasteiger partial charge in [-0.25, -0.2) is 9.97 Å². The fourth-order valence-electron chi connectivity index (χ4n) is 2.49. The van der Waals surface area contributed by atoms with Crippen molar-refractivity contribution in [1.82, 2.24) is 14.9 Å². The lowest BCUT2D eigenvalue weighted by Gasteiger charge is -2.35. The van der Waals surface area contributed by atoms with Crippen molar-refractivity contribution in [3.05, 3.63) is 40.4 Å². The van der Waals surface area contributed by atoms with Crippen LogP contribution >= 0.6 is 22.6 Å². The van der Waals surface area contributed by atoms with Crippen LogP contribution in [0.4, 0.5) is 5.69 Å². The molecule has 20 heavy (non-hydrogen) atoms. The largest absolute Gasteiger partial charge is 0.368 e. The van der Waals surface area contributed by atoms with Gasteiger partial charge in [0.2, 0.25) is 0 Å². The van der Waals surface area contributed by atoms with Crippen LogP contribution in [0.25, 0.3) is 11.3 Å². The molecule has 0 N–H and O–H groups in total. The third kappa shape index (κ3) is 2.93. The van der Waals surface area contributed by atoms with Gasteiger partial charge in [0.1, 0.15) is 6.33 Å². The summed E-state index contributed by atoms with van der Waals surface area (Å²) in [5, 5.41) is 0. The van der Waals surface area contributed by atoms with Crippen LogP contribution < -0.4 is 4.90 Å². The Hall–Kier alpha value is -1.21. The second-order valence-corrected chi connectivity index (χ2v) is 6.29. The molecule has 1 fully saturated rings. The van der Waals surface area contributed by atoms with Crippen LogP contribution in [0.3, 0.4) is 0 Å². The Kier molecular flexibility index (Phi) is 4.16. The topological polar surface area (TPSA) is 32.3 Å². The summed E-state index contributed by atoms with van der Waals surface area (Å²) in [4.78, 5) is 13.2. The molecule has 0 radical (unpaired) electrons. The molecule has 1 aliphatic rings. The predicted molar refractivity (Wildman–Crippen MR) is 89.9 cm³/mol. The van der Waals surface area contributed by atoms with E-state index in [4.69, 9.17) is 0 Å². The van der Waals surface area contributed by atoms with Gasteiger partial charge in [-0.1, -0.05) is 0 Å². The summed E-state index contributed by atoms with van der Waals surface area (Å²) in [5.74, 6) is 0. The first kappa shape index (κ1) is 13.8. The predicted octanol–water partition coefficient (Wildman–Crippen LogP) is 2.50. The summed E-state index contributed by atoms with van der Waals surface area (Å²) >= 11 is 2.35. The molecule has 104 valence electrons. The van der Waals surface area contributed by atoms with Gasteiger partial charge in [0.15, 0.2) is 0 Å². The van der Waals surface area contributed by atoms with E-state index in [1.54, 1.807) is 12.5 Å². The van der Waals surface area contributed by atoms with Gasteiger partial charge in [-0.15, -0.1) is 0 Å². The van der Waals surface area contributed by atoms with Crippen molar-refractivity contribution in [2.45, 2.75) is 0 Å². The van der Waals surface area contributed by atoms with Crippen LogP contribution in [-0.4, -0.2) is 48.1 Å². The lowest BCUT2D eigenvalue weighted by Crippen LogP contribution is -2.44. The molecular formula is C15H17IN4. The van der Waals surface area contributed by atoms with Gasteiger partial charge in [-0.05, 0) is 53.9 Å². The number of nitrogens with zero attached hydrogens (tertiary/aromatic N) is 4. The molecular weight excluding hydrogens is 363 g/mol. The average molecular weight is 380 g/mol. The van der Waals surface area contributed by atoms with E-state index in [-0.39, 0.29) is 0 Å². The smallest absolute Gasteiger partial charge is 0.116 e. The molecule has 1 aromatic carbocycles. The summed E-state index contributed by atoms with van der Waals surface area (Å²) in [6.07, 6.45) is 3.42. The minimum absolute atomic E-state index is 0.993. The first-order valence-electron chi connectivity index (χ1n) is 6.73. The van der Waals surface area contributed by atoms with E-state index in [0.717, 1.165) is 31.9 Å². The molecule has 2 heterocycles. The molecule has 4 nitrogen and oxygen atoms in total. The van der Waals surface area contributed by atoms with E-state index in [1.165, 1.54) is 14.8 Å². The summed E-state index contributed by atoms with van der Waals surface area (Å²) in [6, 6.07) is 8.56. The average Bonchev–Trinajstić information content (AvgIpc) is 2.49. The summed E-state index contributed by atoms with van der Waals surface area (Å²) in [7, 11) is 2.18. The fraction of sp³-hybridized carbons (Fsp3) is 0.333. The lowest BCUT2D eigenvalue weighted by molar-refractivity contribution is 0.313. The number of piperazine rings is 1. The van der Waals surface area contributed by atoms with E-state index in [9.17, 15) is 0 Å². The van der Waals surface area contributed by atoms with Gasteiger partial charge in [-0.2, -0.15) is 0 Å². The normalized spacial score (nSPS) is 16.4. The van der Waals surface area contributed by atoms with Crippen molar-refractivity contribution in [3.63, 3.8) is 0 Å². The van der Waals surface area contributed by atoms with Crippen molar-refractivity contribution >= 4 is 28.3 Å².